The van der Waals surface area contributed by atoms with Crippen LogP contribution in [0.4, 0.5) is 11.5 Å². The van der Waals surface area contributed by atoms with Gasteiger partial charge in [0, 0.05) is 45.0 Å². The van der Waals surface area contributed by atoms with Gasteiger partial charge in [-0.2, -0.15) is 0 Å². The number of rotatable bonds is 4. The topological polar surface area (TPSA) is 91.6 Å². The van der Waals surface area contributed by atoms with Gasteiger partial charge in [-0.05, 0) is 19.4 Å². The molecule has 1 aromatic rings. The van der Waals surface area contributed by atoms with Crippen molar-refractivity contribution in [1.29, 1.82) is 0 Å². The quantitative estimate of drug-likeness (QED) is 0.645. The zero-order chi connectivity index (χ0) is 16.1. The van der Waals surface area contributed by atoms with Crippen LogP contribution in [-0.2, 0) is 4.79 Å². The SMILES string of the molecule is CNC(=O)CN1CCCN(c2nccc(C)c2[N+](=O)[O-])CC1. The number of nitrogens with one attached hydrogen (secondary N) is 1. The number of nitro groups is 1. The van der Waals surface area contributed by atoms with Gasteiger partial charge < -0.3 is 10.2 Å². The number of carbonyl (C=O) groups is 1. The predicted molar refractivity (Wildman–Crippen MR) is 83.0 cm³/mol. The fraction of sp³-hybridized carbons (Fsp3) is 0.571. The Hall–Kier alpha value is -2.22. The van der Waals surface area contributed by atoms with E-state index in [1.807, 2.05) is 4.90 Å². The fourth-order valence-corrected chi connectivity index (χ4v) is 2.62. The van der Waals surface area contributed by atoms with Gasteiger partial charge in [0.15, 0.2) is 0 Å². The zero-order valence-corrected chi connectivity index (χ0v) is 12.9. The number of aromatic nitrogens is 1. The second-order valence-corrected chi connectivity index (χ2v) is 5.35. The normalized spacial score (nSPS) is 16.2. The van der Waals surface area contributed by atoms with E-state index in [4.69, 9.17) is 0 Å². The third-order valence-corrected chi connectivity index (χ3v) is 3.82. The number of hydrogen-bond donors (Lipinski definition) is 1. The number of anilines is 1. The predicted octanol–water partition coefficient (Wildman–Crippen LogP) is 0.556. The summed E-state index contributed by atoms with van der Waals surface area (Å²) in [6.07, 6.45) is 2.44. The largest absolute Gasteiger partial charge is 0.358 e. The molecule has 0 spiro atoms. The molecule has 2 heterocycles. The van der Waals surface area contributed by atoms with E-state index in [1.54, 1.807) is 26.2 Å². The van der Waals surface area contributed by atoms with Crippen LogP contribution < -0.4 is 10.2 Å². The minimum atomic E-state index is -0.370. The molecule has 1 saturated heterocycles. The van der Waals surface area contributed by atoms with Crippen molar-refractivity contribution < 1.29 is 9.72 Å². The van der Waals surface area contributed by atoms with Crippen molar-refractivity contribution in [2.75, 3.05) is 44.7 Å². The number of nitrogens with zero attached hydrogens (tertiary/aromatic N) is 4. The second-order valence-electron chi connectivity index (χ2n) is 5.35. The van der Waals surface area contributed by atoms with Gasteiger partial charge in [0.1, 0.15) is 0 Å². The standard InChI is InChI=1S/C14H21N5O3/c1-11-4-5-16-14(13(11)19(21)22)18-7-3-6-17(8-9-18)10-12(20)15-2/h4-5H,3,6-10H2,1-2H3,(H,15,20). The molecule has 0 aromatic carbocycles. The highest BCUT2D eigenvalue weighted by atomic mass is 16.6. The molecule has 0 radical (unpaired) electrons. The molecule has 0 saturated carbocycles. The maximum atomic E-state index is 11.5. The van der Waals surface area contributed by atoms with Crippen molar-refractivity contribution in [3.8, 4) is 0 Å². The van der Waals surface area contributed by atoms with Crippen LogP contribution in [0.25, 0.3) is 0 Å². The summed E-state index contributed by atoms with van der Waals surface area (Å²) < 4.78 is 0. The molecule has 1 amide bonds. The minimum Gasteiger partial charge on any atom is -0.358 e. The average Bonchev–Trinajstić information content (AvgIpc) is 2.72. The van der Waals surface area contributed by atoms with Gasteiger partial charge >= 0.3 is 5.69 Å². The first kappa shape index (κ1) is 16.2. The Morgan fingerprint density at radius 2 is 2.18 bits per heavy atom. The van der Waals surface area contributed by atoms with E-state index in [9.17, 15) is 14.9 Å². The highest BCUT2D eigenvalue weighted by Gasteiger charge is 2.25. The number of amides is 1. The maximum absolute atomic E-state index is 11.5. The summed E-state index contributed by atoms with van der Waals surface area (Å²) in [6, 6.07) is 1.65. The van der Waals surface area contributed by atoms with E-state index in [0.717, 1.165) is 13.0 Å². The summed E-state index contributed by atoms with van der Waals surface area (Å²) in [6.45, 7) is 4.87. The summed E-state index contributed by atoms with van der Waals surface area (Å²) >= 11 is 0. The maximum Gasteiger partial charge on any atom is 0.314 e. The number of hydrogen-bond acceptors (Lipinski definition) is 6. The lowest BCUT2D eigenvalue weighted by Gasteiger charge is -2.22. The zero-order valence-electron chi connectivity index (χ0n) is 12.9. The van der Waals surface area contributed by atoms with E-state index < -0.39 is 0 Å². The Kier molecular flexibility index (Phi) is 5.26. The summed E-state index contributed by atoms with van der Waals surface area (Å²) in [5.41, 5.74) is 0.684. The van der Waals surface area contributed by atoms with Gasteiger partial charge in [-0.25, -0.2) is 4.98 Å². The van der Waals surface area contributed by atoms with Gasteiger partial charge in [0.2, 0.25) is 11.7 Å². The number of pyridine rings is 1. The van der Waals surface area contributed by atoms with Crippen LogP contribution in [0.3, 0.4) is 0 Å². The van der Waals surface area contributed by atoms with Crippen LogP contribution in [-0.4, -0.2) is 60.5 Å². The van der Waals surface area contributed by atoms with Crippen molar-refractivity contribution in [3.63, 3.8) is 0 Å². The molecule has 0 aliphatic carbocycles. The summed E-state index contributed by atoms with van der Waals surface area (Å²) in [7, 11) is 1.62. The smallest absolute Gasteiger partial charge is 0.314 e. The van der Waals surface area contributed by atoms with Crippen molar-refractivity contribution in [3.05, 3.63) is 27.9 Å². The molecule has 1 N–H and O–H groups in total. The van der Waals surface area contributed by atoms with Crippen molar-refractivity contribution in [2.24, 2.45) is 0 Å². The van der Waals surface area contributed by atoms with Crippen LogP contribution >= 0.6 is 0 Å². The molecule has 120 valence electrons. The van der Waals surface area contributed by atoms with E-state index >= 15 is 0 Å². The van der Waals surface area contributed by atoms with E-state index in [-0.39, 0.29) is 16.5 Å². The van der Waals surface area contributed by atoms with E-state index in [2.05, 4.69) is 15.2 Å². The molecule has 1 aromatic heterocycles. The van der Waals surface area contributed by atoms with Crippen LogP contribution in [0.15, 0.2) is 12.3 Å². The molecule has 0 unspecified atom stereocenters. The Bertz CT molecular complexity index is 563. The fourth-order valence-electron chi connectivity index (χ4n) is 2.62. The van der Waals surface area contributed by atoms with Gasteiger partial charge in [0.05, 0.1) is 11.5 Å². The third-order valence-electron chi connectivity index (χ3n) is 3.82. The summed E-state index contributed by atoms with van der Waals surface area (Å²) in [5, 5.41) is 13.9. The van der Waals surface area contributed by atoms with E-state index in [1.165, 1.54) is 0 Å². The third kappa shape index (κ3) is 3.70. The van der Waals surface area contributed by atoms with Crippen LogP contribution in [0, 0.1) is 17.0 Å². The lowest BCUT2D eigenvalue weighted by molar-refractivity contribution is -0.384. The Balaban J connectivity index is 2.13. The van der Waals surface area contributed by atoms with Gasteiger partial charge in [0.25, 0.3) is 0 Å². The second kappa shape index (κ2) is 7.17. The van der Waals surface area contributed by atoms with Crippen molar-refractivity contribution in [2.45, 2.75) is 13.3 Å². The van der Waals surface area contributed by atoms with Gasteiger partial charge in [-0.3, -0.25) is 19.8 Å². The molecule has 1 aliphatic rings. The van der Waals surface area contributed by atoms with Crippen molar-refractivity contribution in [1.82, 2.24) is 15.2 Å². The van der Waals surface area contributed by atoms with E-state index in [0.29, 0.717) is 37.6 Å². The van der Waals surface area contributed by atoms with Gasteiger partial charge in [-0.1, -0.05) is 0 Å². The molecule has 22 heavy (non-hydrogen) atoms. The van der Waals surface area contributed by atoms with Crippen LogP contribution in [0.5, 0.6) is 0 Å². The monoisotopic (exact) mass is 307 g/mol. The lowest BCUT2D eigenvalue weighted by Crippen LogP contribution is -2.38. The average molecular weight is 307 g/mol. The van der Waals surface area contributed by atoms with Crippen LogP contribution in [0.2, 0.25) is 0 Å². The molecule has 8 nitrogen and oxygen atoms in total. The number of aryl methyl sites for hydroxylation is 1. The first-order valence-corrected chi connectivity index (χ1v) is 7.30. The summed E-state index contributed by atoms with van der Waals surface area (Å²) in [4.78, 5) is 30.6. The molecular weight excluding hydrogens is 286 g/mol. The highest BCUT2D eigenvalue weighted by molar-refractivity contribution is 5.77. The first-order chi connectivity index (χ1) is 10.5. The lowest BCUT2D eigenvalue weighted by atomic mass is 10.2. The number of carbonyl (C=O) groups excluding carboxylic acids is 1. The van der Waals surface area contributed by atoms with Crippen LogP contribution in [0.1, 0.15) is 12.0 Å². The van der Waals surface area contributed by atoms with Gasteiger partial charge in [-0.15, -0.1) is 0 Å². The summed E-state index contributed by atoms with van der Waals surface area (Å²) in [5.74, 6) is 0.403. The number of likely N-dealkylation sites (N-methyl/N-ethyl adjacent to an activating group) is 1. The Morgan fingerprint density at radius 3 is 2.86 bits per heavy atom. The highest BCUT2D eigenvalue weighted by Crippen LogP contribution is 2.29. The Labute approximate surface area is 129 Å². The van der Waals surface area contributed by atoms with Crippen molar-refractivity contribution >= 4 is 17.4 Å². The molecular formula is C14H21N5O3. The Morgan fingerprint density at radius 1 is 1.41 bits per heavy atom. The molecule has 1 aliphatic heterocycles. The molecule has 2 rings (SSSR count). The molecule has 1 fully saturated rings. The minimum absolute atomic E-state index is 0.0203. The first-order valence-electron chi connectivity index (χ1n) is 7.30. The molecule has 0 bridgehead atoms. The molecule has 0 atom stereocenters. The molecule has 8 heteroatoms.